The van der Waals surface area contributed by atoms with Crippen molar-refractivity contribution in [2.75, 3.05) is 27.2 Å². The van der Waals surface area contributed by atoms with Crippen molar-refractivity contribution in [2.24, 2.45) is 0 Å². The zero-order chi connectivity index (χ0) is 18.3. The van der Waals surface area contributed by atoms with Crippen LogP contribution in [0.1, 0.15) is 48.9 Å². The molecule has 0 atom stereocenters. The van der Waals surface area contributed by atoms with Crippen molar-refractivity contribution in [1.29, 1.82) is 0 Å². The second-order valence-corrected chi connectivity index (χ2v) is 8.65. The van der Waals surface area contributed by atoms with Crippen LogP contribution in [0.4, 0.5) is 0 Å². The second-order valence-electron chi connectivity index (χ2n) is 6.89. The van der Waals surface area contributed by atoms with E-state index < -0.39 is 10.0 Å². The van der Waals surface area contributed by atoms with Crippen molar-refractivity contribution in [2.45, 2.75) is 49.5 Å². The summed E-state index contributed by atoms with van der Waals surface area (Å²) >= 11 is 0. The average Bonchev–Trinajstić information content (AvgIpc) is 2.83. The standard InChI is InChI=1S/C18H29N3O3S/c1-21(2)14-13-19-25(23,24)17-11-9-15(10-12-17)18(22)20-16-7-5-3-4-6-8-16/h9-12,16,19H,3-8,13-14H2,1-2H3,(H,20,22). The van der Waals surface area contributed by atoms with E-state index in [0.717, 1.165) is 25.7 Å². The van der Waals surface area contributed by atoms with Crippen LogP contribution in [-0.2, 0) is 10.0 Å². The minimum Gasteiger partial charge on any atom is -0.349 e. The molecule has 1 amide bonds. The summed E-state index contributed by atoms with van der Waals surface area (Å²) in [7, 11) is 0.231. The number of nitrogens with one attached hydrogen (secondary N) is 2. The van der Waals surface area contributed by atoms with Crippen molar-refractivity contribution in [3.05, 3.63) is 29.8 Å². The van der Waals surface area contributed by atoms with Crippen LogP contribution in [0.25, 0.3) is 0 Å². The van der Waals surface area contributed by atoms with Crippen molar-refractivity contribution < 1.29 is 13.2 Å². The summed E-state index contributed by atoms with van der Waals surface area (Å²) in [6, 6.07) is 6.35. The van der Waals surface area contributed by atoms with Gasteiger partial charge in [0.05, 0.1) is 4.90 Å². The summed E-state index contributed by atoms with van der Waals surface area (Å²) in [5.41, 5.74) is 0.497. The van der Waals surface area contributed by atoms with E-state index in [-0.39, 0.29) is 16.8 Å². The van der Waals surface area contributed by atoms with Gasteiger partial charge in [0.25, 0.3) is 5.91 Å². The van der Waals surface area contributed by atoms with Gasteiger partial charge in [0.2, 0.25) is 10.0 Å². The zero-order valence-corrected chi connectivity index (χ0v) is 15.9. The van der Waals surface area contributed by atoms with Gasteiger partial charge in [-0.2, -0.15) is 0 Å². The Morgan fingerprint density at radius 1 is 1.08 bits per heavy atom. The topological polar surface area (TPSA) is 78.5 Å². The number of carbonyl (C=O) groups is 1. The van der Waals surface area contributed by atoms with Gasteiger partial charge in [-0.15, -0.1) is 0 Å². The molecule has 25 heavy (non-hydrogen) atoms. The summed E-state index contributed by atoms with van der Waals surface area (Å²) in [6.45, 7) is 0.973. The first kappa shape index (κ1) is 19.9. The molecule has 0 aromatic heterocycles. The lowest BCUT2D eigenvalue weighted by Crippen LogP contribution is -2.34. The summed E-state index contributed by atoms with van der Waals surface area (Å²) < 4.78 is 27.0. The maximum Gasteiger partial charge on any atom is 0.251 e. The largest absolute Gasteiger partial charge is 0.349 e. The van der Waals surface area contributed by atoms with Gasteiger partial charge in [0, 0.05) is 24.7 Å². The number of amides is 1. The fourth-order valence-electron chi connectivity index (χ4n) is 2.96. The number of nitrogens with zero attached hydrogens (tertiary/aromatic N) is 1. The molecule has 0 heterocycles. The van der Waals surface area contributed by atoms with Gasteiger partial charge in [-0.1, -0.05) is 25.7 Å². The number of likely N-dealkylation sites (N-methyl/N-ethyl adjacent to an activating group) is 1. The Bertz CT molecular complexity index is 649. The first-order valence-electron chi connectivity index (χ1n) is 8.94. The number of benzene rings is 1. The summed E-state index contributed by atoms with van der Waals surface area (Å²) in [6.07, 6.45) is 6.82. The highest BCUT2D eigenvalue weighted by molar-refractivity contribution is 7.89. The van der Waals surface area contributed by atoms with E-state index in [2.05, 4.69) is 10.0 Å². The van der Waals surface area contributed by atoms with Crippen molar-refractivity contribution >= 4 is 15.9 Å². The van der Waals surface area contributed by atoms with Crippen LogP contribution in [-0.4, -0.2) is 52.5 Å². The Kier molecular flexibility index (Phi) is 7.40. The fourth-order valence-corrected chi connectivity index (χ4v) is 3.99. The smallest absolute Gasteiger partial charge is 0.251 e. The molecule has 1 aromatic carbocycles. The van der Waals surface area contributed by atoms with Gasteiger partial charge in [-0.05, 0) is 51.2 Å². The van der Waals surface area contributed by atoms with Crippen LogP contribution in [0.15, 0.2) is 29.2 Å². The molecule has 0 spiro atoms. The Hall–Kier alpha value is -1.44. The number of sulfonamides is 1. The summed E-state index contributed by atoms with van der Waals surface area (Å²) in [4.78, 5) is 14.4. The lowest BCUT2D eigenvalue weighted by molar-refractivity contribution is 0.0933. The van der Waals surface area contributed by atoms with Gasteiger partial charge in [-0.25, -0.2) is 13.1 Å². The molecule has 0 saturated heterocycles. The third kappa shape index (κ3) is 6.41. The van der Waals surface area contributed by atoms with E-state index in [9.17, 15) is 13.2 Å². The molecular weight excluding hydrogens is 338 g/mol. The monoisotopic (exact) mass is 367 g/mol. The minimum atomic E-state index is -3.54. The van der Waals surface area contributed by atoms with Crippen LogP contribution in [0.5, 0.6) is 0 Å². The first-order valence-corrected chi connectivity index (χ1v) is 10.4. The molecule has 1 saturated carbocycles. The molecule has 0 unspecified atom stereocenters. The van der Waals surface area contributed by atoms with Crippen LogP contribution < -0.4 is 10.0 Å². The molecule has 0 aliphatic heterocycles. The van der Waals surface area contributed by atoms with Crippen molar-refractivity contribution in [3.63, 3.8) is 0 Å². The lowest BCUT2D eigenvalue weighted by Gasteiger charge is -2.16. The Labute approximate surface area is 151 Å². The molecule has 2 N–H and O–H groups in total. The minimum absolute atomic E-state index is 0.128. The molecule has 1 aliphatic carbocycles. The lowest BCUT2D eigenvalue weighted by atomic mass is 10.1. The van der Waals surface area contributed by atoms with Crippen molar-refractivity contribution in [3.8, 4) is 0 Å². The van der Waals surface area contributed by atoms with Crippen LogP contribution >= 0.6 is 0 Å². The normalized spacial score (nSPS) is 16.6. The van der Waals surface area contributed by atoms with Gasteiger partial charge >= 0.3 is 0 Å². The van der Waals surface area contributed by atoms with E-state index in [4.69, 9.17) is 0 Å². The Morgan fingerprint density at radius 2 is 1.68 bits per heavy atom. The molecule has 0 radical (unpaired) electrons. The summed E-state index contributed by atoms with van der Waals surface area (Å²) in [5.74, 6) is -0.128. The SMILES string of the molecule is CN(C)CCNS(=O)(=O)c1ccc(C(=O)NC2CCCCCC2)cc1. The third-order valence-electron chi connectivity index (χ3n) is 4.47. The van der Waals surface area contributed by atoms with E-state index in [0.29, 0.717) is 18.7 Å². The van der Waals surface area contributed by atoms with Crippen LogP contribution in [0, 0.1) is 0 Å². The highest BCUT2D eigenvalue weighted by Gasteiger charge is 2.17. The predicted octanol–water partition coefficient (Wildman–Crippen LogP) is 1.98. The predicted molar refractivity (Wildman–Crippen MR) is 99.1 cm³/mol. The van der Waals surface area contributed by atoms with Crippen LogP contribution in [0.3, 0.4) is 0 Å². The molecule has 7 heteroatoms. The molecule has 6 nitrogen and oxygen atoms in total. The number of rotatable bonds is 7. The molecule has 0 bridgehead atoms. The van der Waals surface area contributed by atoms with Gasteiger partial charge in [-0.3, -0.25) is 4.79 Å². The van der Waals surface area contributed by atoms with E-state index in [1.807, 2.05) is 19.0 Å². The van der Waals surface area contributed by atoms with E-state index >= 15 is 0 Å². The van der Waals surface area contributed by atoms with Crippen molar-refractivity contribution in [1.82, 2.24) is 14.9 Å². The molecular formula is C18H29N3O3S. The number of hydrogen-bond acceptors (Lipinski definition) is 4. The molecule has 2 rings (SSSR count). The second kappa shape index (κ2) is 9.31. The molecule has 1 aromatic rings. The highest BCUT2D eigenvalue weighted by Crippen LogP contribution is 2.18. The molecule has 1 fully saturated rings. The summed E-state index contributed by atoms with van der Waals surface area (Å²) in [5, 5.41) is 3.07. The van der Waals surface area contributed by atoms with E-state index in [1.54, 1.807) is 12.1 Å². The van der Waals surface area contributed by atoms with Gasteiger partial charge < -0.3 is 10.2 Å². The van der Waals surface area contributed by atoms with Gasteiger partial charge in [0.15, 0.2) is 0 Å². The fraction of sp³-hybridized carbons (Fsp3) is 0.611. The maximum atomic E-state index is 12.4. The molecule has 1 aliphatic rings. The zero-order valence-electron chi connectivity index (χ0n) is 15.1. The molecule has 140 valence electrons. The first-order chi connectivity index (χ1) is 11.9. The number of hydrogen-bond donors (Lipinski definition) is 2. The quantitative estimate of drug-likeness (QED) is 0.723. The average molecular weight is 368 g/mol. The maximum absolute atomic E-state index is 12.4. The van der Waals surface area contributed by atoms with Gasteiger partial charge in [0.1, 0.15) is 0 Å². The Balaban J connectivity index is 1.94. The third-order valence-corrected chi connectivity index (χ3v) is 5.95. The number of carbonyl (C=O) groups excluding carboxylic acids is 1. The highest BCUT2D eigenvalue weighted by atomic mass is 32.2. The van der Waals surface area contributed by atoms with E-state index in [1.165, 1.54) is 25.0 Å². The van der Waals surface area contributed by atoms with Crippen LogP contribution in [0.2, 0.25) is 0 Å². The Morgan fingerprint density at radius 3 is 2.24 bits per heavy atom.